The van der Waals surface area contributed by atoms with Crippen LogP contribution in [0, 0.1) is 0 Å². The molecule has 1 aromatic heterocycles. The maximum Gasteiger partial charge on any atom is 0.241 e. The Morgan fingerprint density at radius 1 is 1.09 bits per heavy atom. The third kappa shape index (κ3) is 6.53. The Kier molecular flexibility index (Phi) is 7.87. The van der Waals surface area contributed by atoms with Crippen LogP contribution >= 0.6 is 0 Å². The van der Waals surface area contributed by atoms with E-state index in [0.29, 0.717) is 36.9 Å². The summed E-state index contributed by atoms with van der Waals surface area (Å²) in [6.07, 6.45) is 2.28. The van der Waals surface area contributed by atoms with E-state index in [1.807, 2.05) is 42.5 Å². The summed E-state index contributed by atoms with van der Waals surface area (Å²) in [4.78, 5) is 42.9. The molecule has 3 aromatic rings. The lowest BCUT2D eigenvalue weighted by molar-refractivity contribution is -0.133. The fraction of sp³-hybridized carbons (Fsp3) is 0.346. The highest BCUT2D eigenvalue weighted by Gasteiger charge is 2.29. The first kappa shape index (κ1) is 24.1. The van der Waals surface area contributed by atoms with Crippen LogP contribution < -0.4 is 10.6 Å². The van der Waals surface area contributed by atoms with E-state index in [9.17, 15) is 14.4 Å². The van der Waals surface area contributed by atoms with Crippen molar-refractivity contribution in [1.82, 2.24) is 20.4 Å². The second-order valence-corrected chi connectivity index (χ2v) is 8.56. The van der Waals surface area contributed by atoms with Crippen LogP contribution in [0.3, 0.4) is 0 Å². The Bertz CT molecular complexity index is 1180. The molecular formula is C26H29N5O4. The largest absolute Gasteiger partial charge is 0.347 e. The van der Waals surface area contributed by atoms with Crippen LogP contribution in [-0.4, -0.2) is 52.4 Å². The molecule has 1 aliphatic rings. The van der Waals surface area contributed by atoms with E-state index in [1.165, 1.54) is 0 Å². The zero-order valence-corrected chi connectivity index (χ0v) is 19.7. The number of likely N-dealkylation sites (tertiary alicyclic amines) is 1. The highest BCUT2D eigenvalue weighted by atomic mass is 16.5. The van der Waals surface area contributed by atoms with Crippen molar-refractivity contribution in [2.45, 2.75) is 38.5 Å². The third-order valence-corrected chi connectivity index (χ3v) is 5.94. The number of rotatable bonds is 8. The van der Waals surface area contributed by atoms with Gasteiger partial charge in [-0.3, -0.25) is 14.4 Å². The molecule has 2 N–H and O–H groups in total. The first-order valence-corrected chi connectivity index (χ1v) is 11.8. The Morgan fingerprint density at radius 2 is 1.91 bits per heavy atom. The van der Waals surface area contributed by atoms with Crippen molar-refractivity contribution in [3.63, 3.8) is 0 Å². The lowest BCUT2D eigenvalue weighted by atomic mass is 9.98. The third-order valence-electron chi connectivity index (χ3n) is 5.94. The van der Waals surface area contributed by atoms with Gasteiger partial charge in [-0.1, -0.05) is 54.5 Å². The summed E-state index contributed by atoms with van der Waals surface area (Å²) in [5.74, 6) is 0.459. The number of benzene rings is 2. The zero-order chi connectivity index (χ0) is 24.6. The van der Waals surface area contributed by atoms with Crippen LogP contribution in [-0.2, 0) is 20.8 Å². The number of anilines is 1. The Balaban J connectivity index is 1.33. The lowest BCUT2D eigenvalue weighted by Crippen LogP contribution is -2.44. The van der Waals surface area contributed by atoms with Gasteiger partial charge >= 0.3 is 0 Å². The molecule has 0 aliphatic carbocycles. The monoisotopic (exact) mass is 475 g/mol. The predicted octanol–water partition coefficient (Wildman–Crippen LogP) is 3.15. The van der Waals surface area contributed by atoms with E-state index >= 15 is 0 Å². The molecule has 1 fully saturated rings. The van der Waals surface area contributed by atoms with E-state index in [0.717, 1.165) is 24.0 Å². The lowest BCUT2D eigenvalue weighted by Gasteiger charge is -2.31. The van der Waals surface area contributed by atoms with Crippen molar-refractivity contribution in [1.29, 1.82) is 0 Å². The molecule has 182 valence electrons. The number of carbonyl (C=O) groups is 3. The number of nitrogens with zero attached hydrogens (tertiary/aromatic N) is 3. The summed E-state index contributed by atoms with van der Waals surface area (Å²) >= 11 is 0. The number of piperidine rings is 1. The first-order chi connectivity index (χ1) is 17.0. The Hall–Kier alpha value is -4.01. The minimum atomic E-state index is -0.183. The van der Waals surface area contributed by atoms with Crippen LogP contribution in [0.5, 0.6) is 0 Å². The topological polar surface area (TPSA) is 117 Å². The molecule has 0 bridgehead atoms. The van der Waals surface area contributed by atoms with Gasteiger partial charge in [-0.2, -0.15) is 4.98 Å². The number of carbonyl (C=O) groups excluding carboxylic acids is 3. The predicted molar refractivity (Wildman–Crippen MR) is 130 cm³/mol. The number of nitrogens with one attached hydrogen (secondary N) is 2. The molecule has 2 heterocycles. The Morgan fingerprint density at radius 3 is 2.71 bits per heavy atom. The molecule has 0 saturated carbocycles. The molecule has 1 atom stereocenters. The summed E-state index contributed by atoms with van der Waals surface area (Å²) in [5, 5.41) is 9.66. The standard InChI is InChI=1S/C26H29N5O4/c1-2-22(32)28-21-12-6-10-19(15-21)25-29-26(35-30-25)20-11-7-13-31(17-20)24(34)16-27-23(33)14-18-8-4-3-5-9-18/h3-6,8-10,12,15,20H,2,7,11,13-14,16-17H2,1H3,(H,27,33)(H,28,32). The van der Waals surface area contributed by atoms with E-state index < -0.39 is 0 Å². The molecular weight excluding hydrogens is 446 g/mol. The van der Waals surface area contributed by atoms with Crippen molar-refractivity contribution in [2.24, 2.45) is 0 Å². The molecule has 4 rings (SSSR count). The van der Waals surface area contributed by atoms with E-state index in [-0.39, 0.29) is 36.6 Å². The quantitative estimate of drug-likeness (QED) is 0.517. The molecule has 2 aromatic carbocycles. The summed E-state index contributed by atoms with van der Waals surface area (Å²) in [7, 11) is 0. The smallest absolute Gasteiger partial charge is 0.241 e. The van der Waals surface area contributed by atoms with E-state index in [2.05, 4.69) is 20.8 Å². The van der Waals surface area contributed by atoms with Gasteiger partial charge in [-0.15, -0.1) is 0 Å². The van der Waals surface area contributed by atoms with Gasteiger partial charge in [-0.05, 0) is 30.5 Å². The van der Waals surface area contributed by atoms with Gasteiger partial charge in [0, 0.05) is 30.8 Å². The number of aromatic nitrogens is 2. The minimum Gasteiger partial charge on any atom is -0.347 e. The van der Waals surface area contributed by atoms with Gasteiger partial charge in [0.25, 0.3) is 0 Å². The van der Waals surface area contributed by atoms with E-state index in [4.69, 9.17) is 4.52 Å². The Labute approximate surface area is 203 Å². The van der Waals surface area contributed by atoms with Crippen molar-refractivity contribution < 1.29 is 18.9 Å². The highest BCUT2D eigenvalue weighted by Crippen LogP contribution is 2.28. The SMILES string of the molecule is CCC(=O)Nc1cccc(-c2noc(C3CCCN(C(=O)CNC(=O)Cc4ccccc4)C3)n2)c1. The van der Waals surface area contributed by atoms with E-state index in [1.54, 1.807) is 24.0 Å². The van der Waals surface area contributed by atoms with Crippen LogP contribution in [0.4, 0.5) is 5.69 Å². The fourth-order valence-electron chi connectivity index (χ4n) is 4.04. The number of amides is 3. The zero-order valence-electron chi connectivity index (χ0n) is 19.7. The second kappa shape index (κ2) is 11.4. The molecule has 1 saturated heterocycles. The van der Waals surface area contributed by atoms with Crippen LogP contribution in [0.2, 0.25) is 0 Å². The maximum atomic E-state index is 12.7. The molecule has 9 nitrogen and oxygen atoms in total. The first-order valence-electron chi connectivity index (χ1n) is 11.8. The van der Waals surface area contributed by atoms with Crippen LogP contribution in [0.15, 0.2) is 59.1 Å². The highest BCUT2D eigenvalue weighted by molar-refractivity contribution is 5.91. The number of hydrogen-bond acceptors (Lipinski definition) is 6. The van der Waals surface area contributed by atoms with Gasteiger partial charge in [0.15, 0.2) is 0 Å². The maximum absolute atomic E-state index is 12.7. The summed E-state index contributed by atoms with van der Waals surface area (Å²) < 4.78 is 5.54. The van der Waals surface area contributed by atoms with Crippen LogP contribution in [0.1, 0.15) is 43.6 Å². The summed E-state index contributed by atoms with van der Waals surface area (Å²) in [6.45, 7) is 2.84. The second-order valence-electron chi connectivity index (χ2n) is 8.56. The number of hydrogen-bond donors (Lipinski definition) is 2. The molecule has 1 aliphatic heterocycles. The van der Waals surface area contributed by atoms with Crippen molar-refractivity contribution in [3.8, 4) is 11.4 Å². The van der Waals surface area contributed by atoms with Gasteiger partial charge < -0.3 is 20.1 Å². The molecule has 0 radical (unpaired) electrons. The van der Waals surface area contributed by atoms with Gasteiger partial charge in [0.2, 0.25) is 29.4 Å². The van der Waals surface area contributed by atoms with Crippen LogP contribution in [0.25, 0.3) is 11.4 Å². The molecule has 3 amide bonds. The molecule has 0 spiro atoms. The fourth-order valence-corrected chi connectivity index (χ4v) is 4.04. The average Bonchev–Trinajstić information content (AvgIpc) is 3.39. The van der Waals surface area contributed by atoms with Gasteiger partial charge in [-0.25, -0.2) is 0 Å². The van der Waals surface area contributed by atoms with Gasteiger partial charge in [0.1, 0.15) is 0 Å². The summed E-state index contributed by atoms with van der Waals surface area (Å²) in [5.41, 5.74) is 2.31. The van der Waals surface area contributed by atoms with Crippen molar-refractivity contribution in [2.75, 3.05) is 25.0 Å². The normalized spacial score (nSPS) is 15.5. The molecule has 9 heteroatoms. The van der Waals surface area contributed by atoms with Crippen molar-refractivity contribution >= 4 is 23.4 Å². The average molecular weight is 476 g/mol. The molecule has 35 heavy (non-hydrogen) atoms. The van der Waals surface area contributed by atoms with Gasteiger partial charge in [0.05, 0.1) is 18.9 Å². The summed E-state index contributed by atoms with van der Waals surface area (Å²) in [6, 6.07) is 16.7. The van der Waals surface area contributed by atoms with Crippen molar-refractivity contribution in [3.05, 3.63) is 66.1 Å². The minimum absolute atomic E-state index is 0.0380. The molecule has 1 unspecified atom stereocenters.